The smallest absolute Gasteiger partial charge is 0.252 e. The molecule has 0 heterocycles. The molecule has 0 bridgehead atoms. The van der Waals surface area contributed by atoms with Crippen molar-refractivity contribution in [1.29, 1.82) is 0 Å². The van der Waals surface area contributed by atoms with Crippen molar-refractivity contribution < 1.29 is 4.79 Å². The molecule has 18 heavy (non-hydrogen) atoms. The Labute approximate surface area is 120 Å². The first kappa shape index (κ1) is 17.3. The summed E-state index contributed by atoms with van der Waals surface area (Å²) in [6.45, 7) is 5.68. The number of nitrogens with one attached hydrogen (secondary N) is 2. The zero-order valence-electron chi connectivity index (χ0n) is 11.0. The van der Waals surface area contributed by atoms with E-state index in [-0.39, 0.29) is 18.3 Å². The predicted molar refractivity (Wildman–Crippen MR) is 80.9 cm³/mol. The molecule has 0 aliphatic carbocycles. The molecule has 102 valence electrons. The van der Waals surface area contributed by atoms with Crippen LogP contribution in [0.3, 0.4) is 0 Å². The minimum atomic E-state index is 0. The van der Waals surface area contributed by atoms with Crippen molar-refractivity contribution in [3.05, 3.63) is 29.8 Å². The number of benzene rings is 1. The van der Waals surface area contributed by atoms with Crippen LogP contribution >= 0.6 is 24.2 Å². The number of hydrogen-bond acceptors (Lipinski definition) is 3. The van der Waals surface area contributed by atoms with Crippen LogP contribution < -0.4 is 10.6 Å². The number of carbonyl (C=O) groups is 1. The first-order valence-corrected chi connectivity index (χ1v) is 6.71. The van der Waals surface area contributed by atoms with Gasteiger partial charge in [0, 0.05) is 23.2 Å². The van der Waals surface area contributed by atoms with Crippen LogP contribution in [0.5, 0.6) is 0 Å². The lowest BCUT2D eigenvalue weighted by Gasteiger charge is -2.11. The minimum Gasteiger partial charge on any atom is -0.351 e. The number of likely N-dealkylation sites (N-methyl/N-ethyl adjacent to an activating group) is 1. The minimum absolute atomic E-state index is 0. The molecule has 0 fully saturated rings. The summed E-state index contributed by atoms with van der Waals surface area (Å²) in [5.74, 6) is 0.00370. The highest BCUT2D eigenvalue weighted by Gasteiger charge is 2.11. The molecule has 0 radical (unpaired) electrons. The van der Waals surface area contributed by atoms with Gasteiger partial charge in [0.1, 0.15) is 0 Å². The highest BCUT2D eigenvalue weighted by molar-refractivity contribution is 8.00. The highest BCUT2D eigenvalue weighted by atomic mass is 35.5. The number of halogens is 1. The van der Waals surface area contributed by atoms with E-state index in [0.29, 0.717) is 11.8 Å². The molecule has 1 aromatic rings. The van der Waals surface area contributed by atoms with Crippen LogP contribution in [0.4, 0.5) is 0 Å². The molecule has 0 saturated heterocycles. The van der Waals surface area contributed by atoms with Crippen LogP contribution in [0.1, 0.15) is 24.2 Å². The zero-order valence-corrected chi connectivity index (χ0v) is 12.7. The number of rotatable bonds is 6. The third-order valence-corrected chi connectivity index (χ3v) is 3.24. The second-order valence-electron chi connectivity index (χ2n) is 4.02. The van der Waals surface area contributed by atoms with Gasteiger partial charge in [0.2, 0.25) is 0 Å². The summed E-state index contributed by atoms with van der Waals surface area (Å²) in [7, 11) is 1.87. The fourth-order valence-electron chi connectivity index (χ4n) is 1.41. The predicted octanol–water partition coefficient (Wildman–Crippen LogP) is 2.56. The van der Waals surface area contributed by atoms with E-state index in [1.807, 2.05) is 31.3 Å². The molecule has 0 aliphatic rings. The van der Waals surface area contributed by atoms with Gasteiger partial charge in [0.25, 0.3) is 5.91 Å². The third-order valence-electron chi connectivity index (χ3n) is 2.15. The Morgan fingerprint density at radius 1 is 1.28 bits per heavy atom. The van der Waals surface area contributed by atoms with E-state index in [0.717, 1.165) is 17.0 Å². The van der Waals surface area contributed by atoms with Gasteiger partial charge in [-0.05, 0) is 19.2 Å². The van der Waals surface area contributed by atoms with Gasteiger partial charge < -0.3 is 10.6 Å². The van der Waals surface area contributed by atoms with E-state index >= 15 is 0 Å². The molecule has 1 rings (SSSR count). The summed E-state index contributed by atoms with van der Waals surface area (Å²) in [6.07, 6.45) is 0. The van der Waals surface area contributed by atoms with Crippen molar-refractivity contribution in [3.63, 3.8) is 0 Å². The summed E-state index contributed by atoms with van der Waals surface area (Å²) in [5.41, 5.74) is 0.766. The fraction of sp³-hybridized carbons (Fsp3) is 0.462. The Morgan fingerprint density at radius 3 is 2.56 bits per heavy atom. The molecule has 1 amide bonds. The molecule has 0 aromatic heterocycles. The topological polar surface area (TPSA) is 41.1 Å². The fourth-order valence-corrected chi connectivity index (χ4v) is 2.36. The van der Waals surface area contributed by atoms with Gasteiger partial charge in [0.15, 0.2) is 0 Å². The maximum Gasteiger partial charge on any atom is 0.252 e. The van der Waals surface area contributed by atoms with E-state index in [1.54, 1.807) is 11.8 Å². The molecule has 0 atom stereocenters. The average molecular weight is 289 g/mol. The van der Waals surface area contributed by atoms with Gasteiger partial charge in [-0.15, -0.1) is 24.2 Å². The summed E-state index contributed by atoms with van der Waals surface area (Å²) < 4.78 is 0. The Bertz CT molecular complexity index is 372. The lowest BCUT2D eigenvalue weighted by Crippen LogP contribution is -2.30. The van der Waals surface area contributed by atoms with Crippen molar-refractivity contribution in [3.8, 4) is 0 Å². The van der Waals surface area contributed by atoms with Gasteiger partial charge in [0.05, 0.1) is 5.56 Å². The summed E-state index contributed by atoms with van der Waals surface area (Å²) in [4.78, 5) is 13.0. The van der Waals surface area contributed by atoms with Crippen LogP contribution in [0.2, 0.25) is 0 Å². The number of carbonyl (C=O) groups excluding carboxylic acids is 1. The molecule has 3 nitrogen and oxygen atoms in total. The van der Waals surface area contributed by atoms with Crippen LogP contribution in [-0.4, -0.2) is 31.3 Å². The van der Waals surface area contributed by atoms with Crippen molar-refractivity contribution >= 4 is 30.1 Å². The second-order valence-corrected chi connectivity index (χ2v) is 5.64. The van der Waals surface area contributed by atoms with Crippen LogP contribution in [-0.2, 0) is 0 Å². The molecule has 2 N–H and O–H groups in total. The zero-order chi connectivity index (χ0) is 12.7. The lowest BCUT2D eigenvalue weighted by molar-refractivity contribution is 0.0951. The Balaban J connectivity index is 0.00000289. The molecule has 0 spiro atoms. The van der Waals surface area contributed by atoms with Gasteiger partial charge in [-0.25, -0.2) is 0 Å². The lowest BCUT2D eigenvalue weighted by atomic mass is 10.2. The highest BCUT2D eigenvalue weighted by Crippen LogP contribution is 2.26. The third kappa shape index (κ3) is 5.76. The maximum absolute atomic E-state index is 12.0. The van der Waals surface area contributed by atoms with E-state index in [9.17, 15) is 4.79 Å². The molecular weight excluding hydrogens is 268 g/mol. The Morgan fingerprint density at radius 2 is 1.94 bits per heavy atom. The Kier molecular flexibility index (Phi) is 8.89. The van der Waals surface area contributed by atoms with Crippen LogP contribution in [0.25, 0.3) is 0 Å². The standard InChI is InChI=1S/C13H20N2OS.ClH/c1-10(2)17-12-7-5-4-6-11(12)13(16)15-9-8-14-3;/h4-7,10,14H,8-9H2,1-3H3,(H,15,16);1H. The van der Waals surface area contributed by atoms with E-state index in [1.165, 1.54) is 0 Å². The van der Waals surface area contributed by atoms with Crippen molar-refractivity contribution in [1.82, 2.24) is 10.6 Å². The molecule has 0 unspecified atom stereocenters. The number of thioether (sulfide) groups is 1. The summed E-state index contributed by atoms with van der Waals surface area (Å²) in [6, 6.07) is 7.74. The quantitative estimate of drug-likeness (QED) is 0.624. The van der Waals surface area contributed by atoms with E-state index in [4.69, 9.17) is 0 Å². The van der Waals surface area contributed by atoms with Gasteiger partial charge in [-0.2, -0.15) is 0 Å². The first-order valence-electron chi connectivity index (χ1n) is 5.83. The SMILES string of the molecule is CNCCNC(=O)c1ccccc1SC(C)C.Cl. The molecule has 1 aromatic carbocycles. The Hall–Kier alpha value is -0.710. The summed E-state index contributed by atoms with van der Waals surface area (Å²) >= 11 is 1.72. The maximum atomic E-state index is 12.0. The average Bonchev–Trinajstić information content (AvgIpc) is 2.29. The van der Waals surface area contributed by atoms with Crippen molar-refractivity contribution in [2.45, 2.75) is 24.0 Å². The largest absolute Gasteiger partial charge is 0.351 e. The first-order chi connectivity index (χ1) is 8.15. The summed E-state index contributed by atoms with van der Waals surface area (Å²) in [5, 5.41) is 6.37. The number of hydrogen-bond donors (Lipinski definition) is 2. The van der Waals surface area contributed by atoms with Crippen molar-refractivity contribution in [2.75, 3.05) is 20.1 Å². The van der Waals surface area contributed by atoms with E-state index < -0.39 is 0 Å². The van der Waals surface area contributed by atoms with E-state index in [2.05, 4.69) is 24.5 Å². The van der Waals surface area contributed by atoms with Crippen LogP contribution in [0.15, 0.2) is 29.2 Å². The van der Waals surface area contributed by atoms with Crippen molar-refractivity contribution in [2.24, 2.45) is 0 Å². The molecule has 0 aliphatic heterocycles. The number of amides is 1. The second kappa shape index (κ2) is 9.25. The normalized spacial score (nSPS) is 10.0. The molecular formula is C13H21ClN2OS. The monoisotopic (exact) mass is 288 g/mol. The van der Waals surface area contributed by atoms with Crippen LogP contribution in [0, 0.1) is 0 Å². The molecule has 5 heteroatoms. The van der Waals surface area contributed by atoms with Gasteiger partial charge in [-0.1, -0.05) is 26.0 Å². The van der Waals surface area contributed by atoms with Gasteiger partial charge >= 0.3 is 0 Å². The molecule has 0 saturated carbocycles. The van der Waals surface area contributed by atoms with Gasteiger partial charge in [-0.3, -0.25) is 4.79 Å².